The second kappa shape index (κ2) is 6.94. The zero-order chi connectivity index (χ0) is 12.8. The molecule has 1 aliphatic carbocycles. The molecule has 0 bridgehead atoms. The van der Waals surface area contributed by atoms with Gasteiger partial charge in [-0.25, -0.2) is 0 Å². The predicted octanol–water partition coefficient (Wildman–Crippen LogP) is 4.70. The Balaban J connectivity index is 1.97. The van der Waals surface area contributed by atoms with Gasteiger partial charge in [-0.15, -0.1) is 0 Å². The van der Waals surface area contributed by atoms with Crippen molar-refractivity contribution in [1.82, 2.24) is 5.32 Å². The molecule has 0 aromatic heterocycles. The first kappa shape index (κ1) is 13.6. The summed E-state index contributed by atoms with van der Waals surface area (Å²) < 4.78 is 0. The van der Waals surface area contributed by atoms with E-state index in [-0.39, 0.29) is 0 Å². The third kappa shape index (κ3) is 3.58. The third-order valence-corrected chi connectivity index (χ3v) is 4.35. The van der Waals surface area contributed by atoms with Gasteiger partial charge in [0.25, 0.3) is 0 Å². The standard InChI is InChI=1S/C17H27N/c1-3-9-17(16-12-5-4-6-13-16)18-14(2)15-10-7-8-11-15/h4-6,12-15,17-18H,3,7-11H2,1-2H3/t14-,17?/m0/s1. The minimum absolute atomic E-state index is 0.534. The monoisotopic (exact) mass is 245 g/mol. The SMILES string of the molecule is CCCC(N[C@@H](C)C1CCCC1)c1ccccc1. The van der Waals surface area contributed by atoms with Crippen LogP contribution in [0.1, 0.15) is 64.0 Å². The molecule has 1 N–H and O–H groups in total. The Morgan fingerprint density at radius 2 is 1.83 bits per heavy atom. The molecule has 0 aliphatic heterocycles. The third-order valence-electron chi connectivity index (χ3n) is 4.35. The fourth-order valence-electron chi connectivity index (χ4n) is 3.23. The van der Waals surface area contributed by atoms with E-state index in [1.165, 1.54) is 44.1 Å². The van der Waals surface area contributed by atoms with Gasteiger partial charge in [-0.1, -0.05) is 56.5 Å². The fraction of sp³-hybridized carbons (Fsp3) is 0.647. The van der Waals surface area contributed by atoms with Crippen molar-refractivity contribution in [3.8, 4) is 0 Å². The van der Waals surface area contributed by atoms with E-state index in [0.717, 1.165) is 5.92 Å². The van der Waals surface area contributed by atoms with Crippen molar-refractivity contribution < 1.29 is 0 Å². The summed E-state index contributed by atoms with van der Waals surface area (Å²) in [6, 6.07) is 12.1. The van der Waals surface area contributed by atoms with Gasteiger partial charge < -0.3 is 5.32 Å². The molecular weight excluding hydrogens is 218 g/mol. The maximum absolute atomic E-state index is 3.88. The highest BCUT2D eigenvalue weighted by Gasteiger charge is 2.23. The van der Waals surface area contributed by atoms with E-state index in [0.29, 0.717) is 12.1 Å². The van der Waals surface area contributed by atoms with Crippen molar-refractivity contribution in [1.29, 1.82) is 0 Å². The molecule has 0 saturated heterocycles. The lowest BCUT2D eigenvalue weighted by atomic mass is 9.96. The summed E-state index contributed by atoms with van der Waals surface area (Å²) in [5.74, 6) is 0.896. The van der Waals surface area contributed by atoms with Crippen LogP contribution in [0.2, 0.25) is 0 Å². The number of hydrogen-bond donors (Lipinski definition) is 1. The summed E-state index contributed by atoms with van der Waals surface area (Å²) in [5, 5.41) is 3.88. The zero-order valence-electron chi connectivity index (χ0n) is 11.9. The van der Waals surface area contributed by atoms with Crippen LogP contribution in [-0.2, 0) is 0 Å². The Morgan fingerprint density at radius 3 is 2.44 bits per heavy atom. The molecule has 1 aromatic carbocycles. The number of benzene rings is 1. The lowest BCUT2D eigenvalue weighted by molar-refractivity contribution is 0.333. The maximum Gasteiger partial charge on any atom is 0.0322 e. The van der Waals surface area contributed by atoms with Gasteiger partial charge in [-0.05, 0) is 37.7 Å². The van der Waals surface area contributed by atoms with Gasteiger partial charge in [0, 0.05) is 12.1 Å². The van der Waals surface area contributed by atoms with E-state index in [2.05, 4.69) is 49.5 Å². The van der Waals surface area contributed by atoms with E-state index in [9.17, 15) is 0 Å². The molecule has 1 heteroatoms. The Kier molecular flexibility index (Phi) is 5.25. The van der Waals surface area contributed by atoms with Crippen molar-refractivity contribution in [2.24, 2.45) is 5.92 Å². The molecule has 1 nitrogen and oxygen atoms in total. The van der Waals surface area contributed by atoms with Crippen LogP contribution >= 0.6 is 0 Å². The summed E-state index contributed by atoms with van der Waals surface area (Å²) in [6.45, 7) is 4.65. The summed E-state index contributed by atoms with van der Waals surface area (Å²) >= 11 is 0. The topological polar surface area (TPSA) is 12.0 Å². The Bertz CT molecular complexity index is 327. The number of hydrogen-bond acceptors (Lipinski definition) is 1. The highest BCUT2D eigenvalue weighted by Crippen LogP contribution is 2.29. The average molecular weight is 245 g/mol. The normalized spacial score (nSPS) is 19.9. The first-order valence-corrected chi connectivity index (χ1v) is 7.62. The lowest BCUT2D eigenvalue weighted by Crippen LogP contribution is -2.35. The van der Waals surface area contributed by atoms with Crippen molar-refractivity contribution in [3.63, 3.8) is 0 Å². The Morgan fingerprint density at radius 1 is 1.17 bits per heavy atom. The van der Waals surface area contributed by atoms with Gasteiger partial charge in [0.15, 0.2) is 0 Å². The highest BCUT2D eigenvalue weighted by atomic mass is 15.0. The molecule has 0 amide bonds. The Labute approximate surface area is 112 Å². The summed E-state index contributed by atoms with van der Waals surface area (Å²) in [7, 11) is 0. The first-order valence-electron chi connectivity index (χ1n) is 7.62. The van der Waals surface area contributed by atoms with Crippen LogP contribution in [0.25, 0.3) is 0 Å². The molecule has 2 rings (SSSR count). The minimum atomic E-state index is 0.534. The summed E-state index contributed by atoms with van der Waals surface area (Å²) in [4.78, 5) is 0. The van der Waals surface area contributed by atoms with Crippen molar-refractivity contribution in [3.05, 3.63) is 35.9 Å². The van der Waals surface area contributed by atoms with Crippen LogP contribution < -0.4 is 5.32 Å². The van der Waals surface area contributed by atoms with E-state index >= 15 is 0 Å². The van der Waals surface area contributed by atoms with Crippen LogP contribution in [0.3, 0.4) is 0 Å². The van der Waals surface area contributed by atoms with Crippen LogP contribution in [0, 0.1) is 5.92 Å². The van der Waals surface area contributed by atoms with Crippen LogP contribution in [-0.4, -0.2) is 6.04 Å². The second-order valence-electron chi connectivity index (χ2n) is 5.75. The van der Waals surface area contributed by atoms with Gasteiger partial charge in [0.1, 0.15) is 0 Å². The molecule has 0 heterocycles. The van der Waals surface area contributed by atoms with Crippen LogP contribution in [0.4, 0.5) is 0 Å². The maximum atomic E-state index is 3.88. The molecular formula is C17H27N. The van der Waals surface area contributed by atoms with Gasteiger partial charge in [-0.3, -0.25) is 0 Å². The molecule has 1 unspecified atom stereocenters. The molecule has 18 heavy (non-hydrogen) atoms. The van der Waals surface area contributed by atoms with E-state index in [1.807, 2.05) is 0 Å². The van der Waals surface area contributed by atoms with Crippen LogP contribution in [0.5, 0.6) is 0 Å². The van der Waals surface area contributed by atoms with Gasteiger partial charge in [0.2, 0.25) is 0 Å². The average Bonchev–Trinajstić information content (AvgIpc) is 2.93. The highest BCUT2D eigenvalue weighted by molar-refractivity contribution is 5.19. The quantitative estimate of drug-likeness (QED) is 0.766. The van der Waals surface area contributed by atoms with Gasteiger partial charge in [-0.2, -0.15) is 0 Å². The molecule has 1 fully saturated rings. The first-order chi connectivity index (χ1) is 8.81. The zero-order valence-corrected chi connectivity index (χ0v) is 11.9. The molecule has 1 aromatic rings. The van der Waals surface area contributed by atoms with Gasteiger partial charge in [0.05, 0.1) is 0 Å². The molecule has 100 valence electrons. The smallest absolute Gasteiger partial charge is 0.0322 e. The Hall–Kier alpha value is -0.820. The molecule has 0 radical (unpaired) electrons. The van der Waals surface area contributed by atoms with Crippen LogP contribution in [0.15, 0.2) is 30.3 Å². The molecule has 1 aliphatic rings. The molecule has 2 atom stereocenters. The van der Waals surface area contributed by atoms with E-state index < -0.39 is 0 Å². The van der Waals surface area contributed by atoms with E-state index in [4.69, 9.17) is 0 Å². The molecule has 1 saturated carbocycles. The minimum Gasteiger partial charge on any atom is -0.307 e. The van der Waals surface area contributed by atoms with Gasteiger partial charge >= 0.3 is 0 Å². The van der Waals surface area contributed by atoms with Crippen molar-refractivity contribution in [2.75, 3.05) is 0 Å². The van der Waals surface area contributed by atoms with Crippen molar-refractivity contribution in [2.45, 2.75) is 64.5 Å². The number of nitrogens with one attached hydrogen (secondary N) is 1. The number of rotatable bonds is 6. The summed E-state index contributed by atoms with van der Waals surface area (Å²) in [5.41, 5.74) is 1.45. The molecule has 0 spiro atoms. The second-order valence-corrected chi connectivity index (χ2v) is 5.75. The predicted molar refractivity (Wildman–Crippen MR) is 78.6 cm³/mol. The summed E-state index contributed by atoms with van der Waals surface area (Å²) in [6.07, 6.45) is 8.18. The lowest BCUT2D eigenvalue weighted by Gasteiger charge is -2.27. The van der Waals surface area contributed by atoms with Crippen molar-refractivity contribution >= 4 is 0 Å². The van der Waals surface area contributed by atoms with E-state index in [1.54, 1.807) is 0 Å². The largest absolute Gasteiger partial charge is 0.307 e. The fourth-order valence-corrected chi connectivity index (χ4v) is 3.23.